The summed E-state index contributed by atoms with van der Waals surface area (Å²) in [6, 6.07) is 20.5. The number of benzene rings is 3. The Hall–Kier alpha value is -4.10. The standard InChI is InChI=1S/C25H20ClN3O4/c1-15-6-8-17(9-7-15)28-23(30)16-4-3-5-18(14-16)27-22-21(26)24(31)29(25(22)32)19-10-12-20(33-2)13-11-19/h3-14,27H,1-2H3,(H,28,30). The lowest BCUT2D eigenvalue weighted by Gasteiger charge is -2.15. The fourth-order valence-electron chi connectivity index (χ4n) is 3.30. The number of nitrogens with zero attached hydrogens (tertiary/aromatic N) is 1. The van der Waals surface area contributed by atoms with E-state index in [9.17, 15) is 14.4 Å². The van der Waals surface area contributed by atoms with Crippen LogP contribution in [-0.2, 0) is 9.59 Å². The number of halogens is 1. The zero-order valence-electron chi connectivity index (χ0n) is 17.9. The maximum absolute atomic E-state index is 13.0. The topological polar surface area (TPSA) is 87.7 Å². The molecule has 3 aromatic rings. The quantitative estimate of drug-likeness (QED) is 0.520. The minimum absolute atomic E-state index is 0.0615. The van der Waals surface area contributed by atoms with Gasteiger partial charge < -0.3 is 15.4 Å². The average molecular weight is 462 g/mol. The van der Waals surface area contributed by atoms with E-state index in [0.29, 0.717) is 28.4 Å². The van der Waals surface area contributed by atoms with Gasteiger partial charge in [-0.3, -0.25) is 14.4 Å². The van der Waals surface area contributed by atoms with E-state index in [-0.39, 0.29) is 16.6 Å². The van der Waals surface area contributed by atoms with Crippen LogP contribution in [0.3, 0.4) is 0 Å². The Morgan fingerprint density at radius 3 is 2.27 bits per heavy atom. The highest BCUT2D eigenvalue weighted by Gasteiger charge is 2.39. The van der Waals surface area contributed by atoms with Crippen molar-refractivity contribution in [2.24, 2.45) is 0 Å². The first kappa shape index (κ1) is 22.1. The number of ether oxygens (including phenoxy) is 1. The second-order valence-corrected chi connectivity index (χ2v) is 7.74. The summed E-state index contributed by atoms with van der Waals surface area (Å²) in [6.45, 7) is 1.96. The van der Waals surface area contributed by atoms with E-state index < -0.39 is 11.8 Å². The first-order valence-electron chi connectivity index (χ1n) is 10.0. The number of aryl methyl sites for hydroxylation is 1. The van der Waals surface area contributed by atoms with Crippen LogP contribution in [0.4, 0.5) is 17.1 Å². The maximum atomic E-state index is 13.0. The van der Waals surface area contributed by atoms with Gasteiger partial charge in [0.2, 0.25) is 0 Å². The van der Waals surface area contributed by atoms with Gasteiger partial charge >= 0.3 is 0 Å². The van der Waals surface area contributed by atoms with E-state index in [1.54, 1.807) is 48.5 Å². The van der Waals surface area contributed by atoms with Gasteiger partial charge in [0.05, 0.1) is 12.8 Å². The molecule has 2 N–H and O–H groups in total. The number of methoxy groups -OCH3 is 1. The van der Waals surface area contributed by atoms with Crippen LogP contribution in [0, 0.1) is 6.92 Å². The molecule has 4 rings (SSSR count). The number of amides is 3. The van der Waals surface area contributed by atoms with Crippen LogP contribution < -0.4 is 20.3 Å². The molecule has 0 aromatic heterocycles. The summed E-state index contributed by atoms with van der Waals surface area (Å²) >= 11 is 6.20. The first-order chi connectivity index (χ1) is 15.9. The van der Waals surface area contributed by atoms with Crippen molar-refractivity contribution >= 4 is 46.4 Å². The van der Waals surface area contributed by atoms with Crippen molar-refractivity contribution in [2.75, 3.05) is 22.6 Å². The number of imide groups is 1. The van der Waals surface area contributed by atoms with Crippen molar-refractivity contribution in [2.45, 2.75) is 6.92 Å². The molecule has 1 aliphatic rings. The summed E-state index contributed by atoms with van der Waals surface area (Å²) < 4.78 is 5.11. The van der Waals surface area contributed by atoms with E-state index in [0.717, 1.165) is 10.5 Å². The maximum Gasteiger partial charge on any atom is 0.283 e. The fraction of sp³-hybridized carbons (Fsp3) is 0.0800. The van der Waals surface area contributed by atoms with Crippen LogP contribution in [-0.4, -0.2) is 24.8 Å². The Bertz CT molecular complexity index is 1270. The molecule has 3 amide bonds. The van der Waals surface area contributed by atoms with Crippen LogP contribution in [0.5, 0.6) is 5.75 Å². The molecule has 166 valence electrons. The highest BCUT2D eigenvalue weighted by Crippen LogP contribution is 2.31. The van der Waals surface area contributed by atoms with Crippen LogP contribution in [0.2, 0.25) is 0 Å². The summed E-state index contributed by atoms with van der Waals surface area (Å²) in [6.07, 6.45) is 0. The summed E-state index contributed by atoms with van der Waals surface area (Å²) in [5.41, 5.74) is 2.88. The largest absolute Gasteiger partial charge is 0.497 e. The van der Waals surface area contributed by atoms with Crippen molar-refractivity contribution in [1.29, 1.82) is 0 Å². The van der Waals surface area contributed by atoms with E-state index in [1.807, 2.05) is 31.2 Å². The molecule has 0 bridgehead atoms. The molecule has 0 radical (unpaired) electrons. The predicted octanol–water partition coefficient (Wildman–Crippen LogP) is 4.69. The first-order valence-corrected chi connectivity index (χ1v) is 10.4. The van der Waals surface area contributed by atoms with Crippen molar-refractivity contribution in [3.05, 3.63) is 94.7 Å². The SMILES string of the molecule is COc1ccc(N2C(=O)C(Cl)=C(Nc3cccc(C(=O)Nc4ccc(C)cc4)c3)C2=O)cc1. The molecule has 3 aromatic carbocycles. The third-order valence-corrected chi connectivity index (χ3v) is 5.41. The zero-order chi connectivity index (χ0) is 23.5. The zero-order valence-corrected chi connectivity index (χ0v) is 18.6. The van der Waals surface area contributed by atoms with Crippen LogP contribution in [0.1, 0.15) is 15.9 Å². The van der Waals surface area contributed by atoms with Crippen molar-refractivity contribution in [3.8, 4) is 5.75 Å². The Balaban J connectivity index is 1.52. The Kier molecular flexibility index (Phi) is 6.15. The molecule has 0 unspecified atom stereocenters. The van der Waals surface area contributed by atoms with Crippen LogP contribution in [0.15, 0.2) is 83.5 Å². The van der Waals surface area contributed by atoms with E-state index in [1.165, 1.54) is 7.11 Å². The van der Waals surface area contributed by atoms with Gasteiger partial charge in [0.25, 0.3) is 17.7 Å². The summed E-state index contributed by atoms with van der Waals surface area (Å²) in [5.74, 6) is -0.945. The number of hydrogen-bond acceptors (Lipinski definition) is 5. The lowest BCUT2D eigenvalue weighted by atomic mass is 10.1. The van der Waals surface area contributed by atoms with Crippen molar-refractivity contribution in [3.63, 3.8) is 0 Å². The van der Waals surface area contributed by atoms with Gasteiger partial charge in [0.1, 0.15) is 16.5 Å². The van der Waals surface area contributed by atoms with Gasteiger partial charge in [-0.15, -0.1) is 0 Å². The second kappa shape index (κ2) is 9.18. The second-order valence-electron chi connectivity index (χ2n) is 7.36. The Morgan fingerprint density at radius 1 is 0.909 bits per heavy atom. The molecule has 1 aliphatic heterocycles. The third-order valence-electron chi connectivity index (χ3n) is 5.06. The molecule has 0 saturated carbocycles. The van der Waals surface area contributed by atoms with Crippen molar-refractivity contribution in [1.82, 2.24) is 0 Å². The number of carbonyl (C=O) groups excluding carboxylic acids is 3. The van der Waals surface area contributed by atoms with Gasteiger partial charge in [-0.2, -0.15) is 0 Å². The lowest BCUT2D eigenvalue weighted by molar-refractivity contribution is -0.120. The monoisotopic (exact) mass is 461 g/mol. The Morgan fingerprint density at radius 2 is 1.61 bits per heavy atom. The molecule has 0 saturated heterocycles. The molecule has 0 spiro atoms. The van der Waals surface area contributed by atoms with E-state index in [4.69, 9.17) is 16.3 Å². The Labute approximate surface area is 195 Å². The predicted molar refractivity (Wildman–Crippen MR) is 128 cm³/mol. The van der Waals surface area contributed by atoms with E-state index in [2.05, 4.69) is 10.6 Å². The van der Waals surface area contributed by atoms with Crippen molar-refractivity contribution < 1.29 is 19.1 Å². The van der Waals surface area contributed by atoms with Crippen LogP contribution in [0.25, 0.3) is 0 Å². The van der Waals surface area contributed by atoms with Gasteiger partial charge in [-0.1, -0.05) is 35.4 Å². The van der Waals surface area contributed by atoms with Crippen LogP contribution >= 0.6 is 11.6 Å². The number of hydrogen-bond donors (Lipinski definition) is 2. The average Bonchev–Trinajstić information content (AvgIpc) is 3.04. The number of nitrogens with one attached hydrogen (secondary N) is 2. The molecule has 7 nitrogen and oxygen atoms in total. The minimum Gasteiger partial charge on any atom is -0.497 e. The smallest absolute Gasteiger partial charge is 0.283 e. The molecule has 0 fully saturated rings. The normalized spacial score (nSPS) is 13.4. The van der Waals surface area contributed by atoms with Gasteiger partial charge in [-0.05, 0) is 61.5 Å². The van der Waals surface area contributed by atoms with Gasteiger partial charge in [-0.25, -0.2) is 4.90 Å². The number of rotatable bonds is 6. The number of carbonyl (C=O) groups is 3. The highest BCUT2D eigenvalue weighted by molar-refractivity contribution is 6.53. The molecule has 0 atom stereocenters. The summed E-state index contributed by atoms with van der Waals surface area (Å²) in [4.78, 5) is 39.2. The van der Waals surface area contributed by atoms with Gasteiger partial charge in [0.15, 0.2) is 0 Å². The summed E-state index contributed by atoms with van der Waals surface area (Å²) in [7, 11) is 1.52. The fourth-order valence-corrected chi connectivity index (χ4v) is 3.51. The molecular formula is C25H20ClN3O4. The summed E-state index contributed by atoms with van der Waals surface area (Å²) in [5, 5.41) is 5.48. The lowest BCUT2D eigenvalue weighted by Crippen LogP contribution is -2.32. The molecular weight excluding hydrogens is 442 g/mol. The molecule has 1 heterocycles. The van der Waals surface area contributed by atoms with Gasteiger partial charge in [0, 0.05) is 16.9 Å². The highest BCUT2D eigenvalue weighted by atomic mass is 35.5. The molecule has 0 aliphatic carbocycles. The number of anilines is 3. The van der Waals surface area contributed by atoms with E-state index >= 15 is 0 Å². The molecule has 8 heteroatoms. The minimum atomic E-state index is -0.636. The molecule has 33 heavy (non-hydrogen) atoms. The third kappa shape index (κ3) is 4.58.